The van der Waals surface area contributed by atoms with Gasteiger partial charge in [0.2, 0.25) is 0 Å². The molecule has 1 rings (SSSR count). The minimum atomic E-state index is -4.22. The van der Waals surface area contributed by atoms with E-state index in [1.54, 1.807) is 13.1 Å². The minimum Gasteiger partial charge on any atom is -0.390 e. The third-order valence-electron chi connectivity index (χ3n) is 2.63. The highest BCUT2D eigenvalue weighted by Gasteiger charge is 2.38. The normalized spacial score (nSPS) is 28.2. The van der Waals surface area contributed by atoms with Gasteiger partial charge in [-0.15, -0.1) is 0 Å². The number of halogens is 3. The van der Waals surface area contributed by atoms with Crippen LogP contribution in [0.2, 0.25) is 0 Å². The molecule has 2 atom stereocenters. The monoisotopic (exact) mass is 274 g/mol. The summed E-state index contributed by atoms with van der Waals surface area (Å²) in [6.45, 7) is 0.214. The van der Waals surface area contributed by atoms with Gasteiger partial charge in [-0.3, -0.25) is 4.99 Å². The molecular formula is C13H17F3N2O. The van der Waals surface area contributed by atoms with Crippen LogP contribution in [0.3, 0.4) is 0 Å². The molecule has 0 saturated heterocycles. The van der Waals surface area contributed by atoms with Crippen molar-refractivity contribution < 1.29 is 18.0 Å². The molecule has 3 nitrogen and oxygen atoms in total. The third kappa shape index (κ3) is 6.22. The van der Waals surface area contributed by atoms with Gasteiger partial charge in [0.1, 0.15) is 0 Å². The number of allylic oxidation sites excluding steroid dienone is 4. The highest BCUT2D eigenvalue weighted by atomic mass is 19.4. The zero-order chi connectivity index (χ0) is 14.1. The Labute approximate surface area is 110 Å². The Hall–Kier alpha value is -1.59. The number of hydrogen-bond acceptors (Lipinski definition) is 3. The summed E-state index contributed by atoms with van der Waals surface area (Å²) in [6, 6.07) is 0. The smallest absolute Gasteiger partial charge is 0.390 e. The second-order valence-corrected chi connectivity index (χ2v) is 4.13. The van der Waals surface area contributed by atoms with Crippen molar-refractivity contribution in [2.75, 3.05) is 13.7 Å². The predicted octanol–water partition coefficient (Wildman–Crippen LogP) is 3.39. The Kier molecular flexibility index (Phi) is 6.32. The molecule has 0 aromatic heterocycles. The first-order chi connectivity index (χ1) is 9.04. The largest absolute Gasteiger partial charge is 0.395 e. The van der Waals surface area contributed by atoms with Crippen LogP contribution in [0.1, 0.15) is 12.8 Å². The van der Waals surface area contributed by atoms with Crippen molar-refractivity contribution in [1.82, 2.24) is 0 Å². The van der Waals surface area contributed by atoms with Crippen molar-refractivity contribution in [2.24, 2.45) is 22.0 Å². The quantitative estimate of drug-likeness (QED) is 0.335. The zero-order valence-electron chi connectivity index (χ0n) is 10.7. The topological polar surface area (TPSA) is 34.0 Å². The van der Waals surface area contributed by atoms with Crippen LogP contribution in [0.5, 0.6) is 0 Å². The van der Waals surface area contributed by atoms with Crippen LogP contribution in [0.15, 0.2) is 34.5 Å². The average Bonchev–Trinajstić information content (AvgIpc) is 2.29. The van der Waals surface area contributed by atoms with Crippen molar-refractivity contribution in [2.45, 2.75) is 19.0 Å². The Morgan fingerprint density at radius 1 is 1.32 bits per heavy atom. The lowest BCUT2D eigenvalue weighted by atomic mass is 9.92. The molecule has 0 aromatic rings. The van der Waals surface area contributed by atoms with Crippen molar-refractivity contribution in [3.63, 3.8) is 0 Å². The highest BCUT2D eigenvalue weighted by Crippen LogP contribution is 2.33. The number of alkyl halides is 3. The third-order valence-corrected chi connectivity index (χ3v) is 2.63. The van der Waals surface area contributed by atoms with Crippen LogP contribution in [-0.2, 0) is 4.84 Å². The van der Waals surface area contributed by atoms with Gasteiger partial charge in [-0.25, -0.2) is 0 Å². The number of nitrogens with zero attached hydrogens (tertiary/aromatic N) is 2. The fourth-order valence-electron chi connectivity index (χ4n) is 1.65. The van der Waals surface area contributed by atoms with Crippen molar-refractivity contribution in [3.05, 3.63) is 24.3 Å². The molecule has 0 radical (unpaired) electrons. The van der Waals surface area contributed by atoms with E-state index in [1.807, 2.05) is 6.08 Å². The van der Waals surface area contributed by atoms with Crippen LogP contribution in [-0.4, -0.2) is 32.3 Å². The lowest BCUT2D eigenvalue weighted by Crippen LogP contribution is -2.24. The Morgan fingerprint density at radius 2 is 2.05 bits per heavy atom. The fourth-order valence-corrected chi connectivity index (χ4v) is 1.65. The van der Waals surface area contributed by atoms with Crippen molar-refractivity contribution in [3.8, 4) is 0 Å². The molecule has 1 aliphatic carbocycles. The van der Waals surface area contributed by atoms with Crippen LogP contribution >= 0.6 is 0 Å². The van der Waals surface area contributed by atoms with E-state index in [0.717, 1.165) is 0 Å². The molecule has 0 heterocycles. The number of rotatable bonds is 4. The molecule has 0 aliphatic heterocycles. The van der Waals surface area contributed by atoms with E-state index < -0.39 is 12.1 Å². The molecule has 106 valence electrons. The second kappa shape index (κ2) is 7.76. The van der Waals surface area contributed by atoms with E-state index >= 15 is 0 Å². The molecule has 0 fully saturated rings. The molecule has 0 N–H and O–H groups in total. The van der Waals surface area contributed by atoms with Gasteiger partial charge in [-0.05, 0) is 12.8 Å². The van der Waals surface area contributed by atoms with Gasteiger partial charge in [0, 0.05) is 19.2 Å². The van der Waals surface area contributed by atoms with Crippen molar-refractivity contribution >= 4 is 12.4 Å². The molecule has 0 amide bonds. The first-order valence-electron chi connectivity index (χ1n) is 6.00. The van der Waals surface area contributed by atoms with Gasteiger partial charge >= 0.3 is 6.18 Å². The SMILES string of the molecule is C/N=C\CO/N=C/[C@H]1/C=C\C/C=C\[C@@H](C(F)(F)F)C1. The number of oxime groups is 1. The summed E-state index contributed by atoms with van der Waals surface area (Å²) in [6.07, 6.45) is 5.46. The van der Waals surface area contributed by atoms with E-state index in [9.17, 15) is 13.2 Å². The Bertz CT molecular complexity index is 373. The van der Waals surface area contributed by atoms with Gasteiger partial charge in [0.05, 0.1) is 12.1 Å². The van der Waals surface area contributed by atoms with Gasteiger partial charge in [0.25, 0.3) is 0 Å². The molecule has 0 saturated carbocycles. The predicted molar refractivity (Wildman–Crippen MR) is 69.4 cm³/mol. The highest BCUT2D eigenvalue weighted by molar-refractivity contribution is 5.63. The number of aliphatic imine (C=N–C) groups is 1. The van der Waals surface area contributed by atoms with Gasteiger partial charge in [-0.1, -0.05) is 29.5 Å². The summed E-state index contributed by atoms with van der Waals surface area (Å²) in [5, 5.41) is 3.66. The molecule has 19 heavy (non-hydrogen) atoms. The van der Waals surface area contributed by atoms with E-state index in [4.69, 9.17) is 4.84 Å². The number of hydrogen-bond donors (Lipinski definition) is 0. The summed E-state index contributed by atoms with van der Waals surface area (Å²) in [7, 11) is 1.60. The van der Waals surface area contributed by atoms with E-state index in [-0.39, 0.29) is 18.9 Å². The Morgan fingerprint density at radius 3 is 2.74 bits per heavy atom. The van der Waals surface area contributed by atoms with E-state index in [0.29, 0.717) is 6.42 Å². The molecule has 6 heteroatoms. The molecular weight excluding hydrogens is 257 g/mol. The second-order valence-electron chi connectivity index (χ2n) is 4.13. The molecule has 0 aromatic carbocycles. The van der Waals surface area contributed by atoms with E-state index in [1.165, 1.54) is 24.6 Å². The maximum Gasteiger partial charge on any atom is 0.395 e. The van der Waals surface area contributed by atoms with Crippen LogP contribution < -0.4 is 0 Å². The van der Waals surface area contributed by atoms with Gasteiger partial charge in [-0.2, -0.15) is 13.2 Å². The van der Waals surface area contributed by atoms with Gasteiger partial charge < -0.3 is 4.84 Å². The van der Waals surface area contributed by atoms with Crippen LogP contribution in [0.4, 0.5) is 13.2 Å². The maximum absolute atomic E-state index is 12.7. The molecule has 0 bridgehead atoms. The minimum absolute atomic E-state index is 0.0504. The standard InChI is InChI=1S/C13H17F3N2O/c1-17-7-8-19-18-10-11-5-3-2-4-6-12(9-11)13(14,15)16/h3-7,10-12H,2,8-9H2,1H3/b5-3-,6-4-,17-7-,18-10+/t11-,12+/m0/s1. The Balaban J connectivity index is 2.58. The molecule has 0 spiro atoms. The summed E-state index contributed by atoms with van der Waals surface area (Å²) in [5.74, 6) is -1.82. The van der Waals surface area contributed by atoms with E-state index in [2.05, 4.69) is 10.1 Å². The summed E-state index contributed by atoms with van der Waals surface area (Å²) in [5.41, 5.74) is 0. The first-order valence-corrected chi connectivity index (χ1v) is 6.00. The van der Waals surface area contributed by atoms with Crippen molar-refractivity contribution in [1.29, 1.82) is 0 Å². The lowest BCUT2D eigenvalue weighted by molar-refractivity contribution is -0.163. The summed E-state index contributed by atoms with van der Waals surface area (Å²) >= 11 is 0. The fraction of sp³-hybridized carbons (Fsp3) is 0.538. The van der Waals surface area contributed by atoms with Crippen LogP contribution in [0, 0.1) is 11.8 Å². The lowest BCUT2D eigenvalue weighted by Gasteiger charge is -2.20. The maximum atomic E-state index is 12.7. The zero-order valence-corrected chi connectivity index (χ0v) is 10.7. The summed E-state index contributed by atoms with van der Waals surface area (Å²) < 4.78 is 38.2. The first kappa shape index (κ1) is 15.5. The van der Waals surface area contributed by atoms with Gasteiger partial charge in [0.15, 0.2) is 6.61 Å². The molecule has 1 aliphatic rings. The summed E-state index contributed by atoms with van der Waals surface area (Å²) in [4.78, 5) is 8.55. The average molecular weight is 274 g/mol. The molecule has 0 unspecified atom stereocenters. The van der Waals surface area contributed by atoms with Crippen LogP contribution in [0.25, 0.3) is 0 Å².